The molecule has 1 aliphatic rings. The van der Waals surface area contributed by atoms with Crippen molar-refractivity contribution in [3.63, 3.8) is 0 Å². The van der Waals surface area contributed by atoms with Crippen LogP contribution in [0.2, 0.25) is 0 Å². The molecule has 0 bridgehead atoms. The Morgan fingerprint density at radius 1 is 1.08 bits per heavy atom. The highest BCUT2D eigenvalue weighted by Crippen LogP contribution is 2.40. The van der Waals surface area contributed by atoms with E-state index in [1.165, 1.54) is 7.11 Å². The van der Waals surface area contributed by atoms with Crippen LogP contribution in [0.3, 0.4) is 0 Å². The Labute approximate surface area is 156 Å². The fourth-order valence-corrected chi connectivity index (χ4v) is 3.55. The minimum Gasteiger partial charge on any atom is -0.469 e. The summed E-state index contributed by atoms with van der Waals surface area (Å²) in [5.74, 6) is -0.617. The van der Waals surface area contributed by atoms with E-state index in [4.69, 9.17) is 9.57 Å². The lowest BCUT2D eigenvalue weighted by molar-refractivity contribution is -0.306. The zero-order valence-corrected chi connectivity index (χ0v) is 17.3. The van der Waals surface area contributed by atoms with Crippen LogP contribution in [0.15, 0.2) is 0 Å². The molecule has 0 aromatic heterocycles. The van der Waals surface area contributed by atoms with Crippen molar-refractivity contribution in [1.82, 2.24) is 5.06 Å². The zero-order valence-electron chi connectivity index (χ0n) is 17.3. The Kier molecular flexibility index (Phi) is 7.62. The molecule has 0 aromatic carbocycles. The lowest BCUT2D eigenvalue weighted by Crippen LogP contribution is -2.62. The third kappa shape index (κ3) is 7.21. The average molecular weight is 373 g/mol. The number of hydrogen-bond donors (Lipinski definition) is 1. The molecule has 0 amide bonds. The van der Waals surface area contributed by atoms with Crippen molar-refractivity contribution in [2.45, 2.75) is 96.4 Å². The van der Waals surface area contributed by atoms with Crippen LogP contribution in [0.4, 0.5) is 0 Å². The molecular formula is C19H35NO6. The number of ether oxygens (including phenoxy) is 2. The molecule has 152 valence electrons. The van der Waals surface area contributed by atoms with Crippen LogP contribution < -0.4 is 0 Å². The standard InChI is InChI=1S/C19H35NO6/c1-17(2)11-14(26-16(22)10-8-9-15(21)24-7)12-18(3,4)20(17)25-13-19(5,6)23/h14,23H,8-13H2,1-7H3. The van der Waals surface area contributed by atoms with Crippen LogP contribution in [-0.4, -0.2) is 58.6 Å². The average Bonchev–Trinajstić information content (AvgIpc) is 2.42. The Hall–Kier alpha value is -1.18. The van der Waals surface area contributed by atoms with E-state index in [2.05, 4.69) is 4.74 Å². The summed E-state index contributed by atoms with van der Waals surface area (Å²) in [6, 6.07) is 0. The normalized spacial score (nSPS) is 20.6. The minimum absolute atomic E-state index is 0.192. The number of carbonyl (C=O) groups excluding carboxylic acids is 2. The van der Waals surface area contributed by atoms with Crippen molar-refractivity contribution in [2.24, 2.45) is 0 Å². The zero-order chi connectivity index (χ0) is 20.2. The first-order valence-corrected chi connectivity index (χ1v) is 9.19. The Morgan fingerprint density at radius 2 is 1.58 bits per heavy atom. The summed E-state index contributed by atoms with van der Waals surface area (Å²) < 4.78 is 10.2. The van der Waals surface area contributed by atoms with Gasteiger partial charge in [-0.1, -0.05) is 0 Å². The molecule has 1 rings (SSSR count). The number of piperidine rings is 1. The highest BCUT2D eigenvalue weighted by atomic mass is 16.7. The molecule has 0 aliphatic carbocycles. The predicted molar refractivity (Wildman–Crippen MR) is 97.2 cm³/mol. The van der Waals surface area contributed by atoms with Crippen LogP contribution in [0.25, 0.3) is 0 Å². The van der Waals surface area contributed by atoms with Crippen molar-refractivity contribution in [1.29, 1.82) is 0 Å². The van der Waals surface area contributed by atoms with Crippen molar-refractivity contribution in [2.75, 3.05) is 13.7 Å². The van der Waals surface area contributed by atoms with Gasteiger partial charge in [0.05, 0.1) is 19.3 Å². The SMILES string of the molecule is COC(=O)CCCC(=O)OC1CC(C)(C)N(OCC(C)(C)O)C(C)(C)C1. The van der Waals surface area contributed by atoms with Crippen LogP contribution in [0.5, 0.6) is 0 Å². The molecule has 1 fully saturated rings. The summed E-state index contributed by atoms with van der Waals surface area (Å²) >= 11 is 0. The van der Waals surface area contributed by atoms with E-state index in [1.807, 2.05) is 32.8 Å². The maximum Gasteiger partial charge on any atom is 0.306 e. The number of hydroxylamine groups is 2. The first kappa shape index (κ1) is 22.9. The van der Waals surface area contributed by atoms with Gasteiger partial charge in [-0.05, 0) is 48.0 Å². The van der Waals surface area contributed by atoms with Gasteiger partial charge in [-0.25, -0.2) is 0 Å². The van der Waals surface area contributed by atoms with Crippen molar-refractivity contribution >= 4 is 11.9 Å². The molecule has 0 aromatic rings. The summed E-state index contributed by atoms with van der Waals surface area (Å²) in [4.78, 5) is 29.1. The van der Waals surface area contributed by atoms with E-state index in [1.54, 1.807) is 13.8 Å². The Balaban J connectivity index is 2.62. The predicted octanol–water partition coefficient (Wildman–Crippen LogP) is 2.60. The van der Waals surface area contributed by atoms with Gasteiger partial charge in [-0.15, -0.1) is 0 Å². The fraction of sp³-hybridized carbons (Fsp3) is 0.895. The van der Waals surface area contributed by atoms with E-state index in [9.17, 15) is 14.7 Å². The smallest absolute Gasteiger partial charge is 0.306 e. The second-order valence-electron chi connectivity index (χ2n) is 8.95. The summed E-state index contributed by atoms with van der Waals surface area (Å²) in [5.41, 5.74) is -1.64. The van der Waals surface area contributed by atoms with Crippen LogP contribution in [-0.2, 0) is 23.9 Å². The maximum absolute atomic E-state index is 12.1. The van der Waals surface area contributed by atoms with Gasteiger partial charge in [-0.3, -0.25) is 14.4 Å². The first-order valence-electron chi connectivity index (χ1n) is 9.19. The summed E-state index contributed by atoms with van der Waals surface area (Å²) in [6.07, 6.45) is 1.88. The van der Waals surface area contributed by atoms with Gasteiger partial charge in [-0.2, -0.15) is 5.06 Å². The molecule has 1 N–H and O–H groups in total. The number of methoxy groups -OCH3 is 1. The van der Waals surface area contributed by atoms with E-state index in [-0.39, 0.29) is 48.6 Å². The number of esters is 2. The first-order chi connectivity index (χ1) is 11.8. The van der Waals surface area contributed by atoms with Crippen molar-refractivity contribution in [3.05, 3.63) is 0 Å². The monoisotopic (exact) mass is 373 g/mol. The molecule has 7 heteroatoms. The van der Waals surface area contributed by atoms with Gasteiger partial charge in [0.25, 0.3) is 0 Å². The quantitative estimate of drug-likeness (QED) is 0.655. The van der Waals surface area contributed by atoms with Gasteiger partial charge in [0.2, 0.25) is 0 Å². The van der Waals surface area contributed by atoms with Crippen molar-refractivity contribution < 1.29 is 29.0 Å². The molecule has 0 atom stereocenters. The second kappa shape index (κ2) is 8.67. The van der Waals surface area contributed by atoms with E-state index in [0.717, 1.165) is 0 Å². The third-order valence-electron chi connectivity index (χ3n) is 4.39. The Morgan fingerprint density at radius 3 is 2.04 bits per heavy atom. The number of carbonyl (C=O) groups is 2. The molecule has 1 heterocycles. The lowest BCUT2D eigenvalue weighted by atomic mass is 9.80. The van der Waals surface area contributed by atoms with Gasteiger partial charge in [0.15, 0.2) is 0 Å². The summed E-state index contributed by atoms with van der Waals surface area (Å²) in [7, 11) is 1.33. The molecular weight excluding hydrogens is 338 g/mol. The lowest BCUT2D eigenvalue weighted by Gasteiger charge is -2.53. The highest BCUT2D eigenvalue weighted by Gasteiger charge is 2.48. The second-order valence-corrected chi connectivity index (χ2v) is 8.95. The third-order valence-corrected chi connectivity index (χ3v) is 4.39. The van der Waals surface area contributed by atoms with Gasteiger partial charge in [0.1, 0.15) is 6.10 Å². The number of aliphatic hydroxyl groups is 1. The van der Waals surface area contributed by atoms with Gasteiger partial charge >= 0.3 is 11.9 Å². The van der Waals surface area contributed by atoms with E-state index in [0.29, 0.717) is 19.3 Å². The molecule has 26 heavy (non-hydrogen) atoms. The summed E-state index contributed by atoms with van der Waals surface area (Å²) in [5, 5.41) is 11.9. The largest absolute Gasteiger partial charge is 0.469 e. The van der Waals surface area contributed by atoms with Gasteiger partial charge < -0.3 is 14.6 Å². The van der Waals surface area contributed by atoms with Crippen LogP contribution >= 0.6 is 0 Å². The highest BCUT2D eigenvalue weighted by molar-refractivity contribution is 5.72. The minimum atomic E-state index is -0.922. The molecule has 0 saturated carbocycles. The fourth-order valence-electron chi connectivity index (χ4n) is 3.55. The molecule has 7 nitrogen and oxygen atoms in total. The molecule has 1 saturated heterocycles. The van der Waals surface area contributed by atoms with Crippen LogP contribution in [0, 0.1) is 0 Å². The number of nitrogens with zero attached hydrogens (tertiary/aromatic N) is 1. The summed E-state index contributed by atoms with van der Waals surface area (Å²) in [6.45, 7) is 11.8. The topological polar surface area (TPSA) is 85.3 Å². The number of hydrogen-bond acceptors (Lipinski definition) is 7. The van der Waals surface area contributed by atoms with Gasteiger partial charge in [0, 0.05) is 36.8 Å². The van der Waals surface area contributed by atoms with E-state index < -0.39 is 5.60 Å². The van der Waals surface area contributed by atoms with Crippen LogP contribution in [0.1, 0.15) is 73.6 Å². The molecule has 0 radical (unpaired) electrons. The molecule has 0 spiro atoms. The number of rotatable bonds is 8. The molecule has 1 aliphatic heterocycles. The van der Waals surface area contributed by atoms with Crippen molar-refractivity contribution in [3.8, 4) is 0 Å². The maximum atomic E-state index is 12.1. The van der Waals surface area contributed by atoms with E-state index >= 15 is 0 Å². The Bertz CT molecular complexity index is 477. The molecule has 0 unspecified atom stereocenters.